The van der Waals surface area contributed by atoms with Crippen LogP contribution in [0.15, 0.2) is 36.4 Å². The van der Waals surface area contributed by atoms with Crippen LogP contribution in [0.1, 0.15) is 23.5 Å². The van der Waals surface area contributed by atoms with Crippen LogP contribution in [-0.2, 0) is 4.79 Å². The molecule has 2 aromatic rings. The third-order valence-corrected chi connectivity index (χ3v) is 5.76. The van der Waals surface area contributed by atoms with Gasteiger partial charge in [0.2, 0.25) is 5.91 Å². The minimum atomic E-state index is 0.00472. The molecule has 2 aromatic carbocycles. The van der Waals surface area contributed by atoms with Gasteiger partial charge in [-0.15, -0.1) is 0 Å². The average Bonchev–Trinajstić information content (AvgIpc) is 2.73. The maximum absolute atomic E-state index is 12.3. The molecule has 6 heteroatoms. The van der Waals surface area contributed by atoms with Gasteiger partial charge in [0.1, 0.15) is 0 Å². The molecule has 0 saturated carbocycles. The van der Waals surface area contributed by atoms with Crippen LogP contribution >= 0.6 is 0 Å². The molecule has 1 fully saturated rings. The van der Waals surface area contributed by atoms with Crippen molar-refractivity contribution in [2.75, 3.05) is 57.7 Å². The third-order valence-electron chi connectivity index (χ3n) is 5.76. The Morgan fingerprint density at radius 2 is 1.61 bits per heavy atom. The first-order valence-corrected chi connectivity index (χ1v) is 9.68. The molecule has 0 aliphatic carbocycles. The summed E-state index contributed by atoms with van der Waals surface area (Å²) in [6.07, 6.45) is 0.427. The van der Waals surface area contributed by atoms with E-state index in [9.17, 15) is 4.79 Å². The Morgan fingerprint density at radius 1 is 0.964 bits per heavy atom. The molecule has 0 bridgehead atoms. The maximum atomic E-state index is 12.3. The van der Waals surface area contributed by atoms with E-state index >= 15 is 0 Å². The van der Waals surface area contributed by atoms with E-state index in [1.165, 1.54) is 5.69 Å². The molecule has 6 nitrogen and oxygen atoms in total. The molecular formula is C22H27N3O3. The van der Waals surface area contributed by atoms with Crippen LogP contribution in [0.25, 0.3) is 0 Å². The van der Waals surface area contributed by atoms with Crippen LogP contribution in [-0.4, -0.2) is 58.3 Å². The first kappa shape index (κ1) is 18.6. The molecule has 0 aromatic heterocycles. The molecule has 1 saturated heterocycles. The highest BCUT2D eigenvalue weighted by Gasteiger charge is 2.28. The largest absolute Gasteiger partial charge is 0.493 e. The number of fused-ring (bicyclic) bond motifs is 1. The summed E-state index contributed by atoms with van der Waals surface area (Å²) in [6.45, 7) is 4.25. The summed E-state index contributed by atoms with van der Waals surface area (Å²) in [6, 6.07) is 12.5. The number of rotatable bonds is 4. The lowest BCUT2D eigenvalue weighted by Crippen LogP contribution is -2.44. The number of hydrogen-bond donors (Lipinski definition) is 1. The molecule has 2 aliphatic rings. The van der Waals surface area contributed by atoms with Gasteiger partial charge in [-0.05, 0) is 36.4 Å². The van der Waals surface area contributed by atoms with Crippen molar-refractivity contribution in [3.63, 3.8) is 0 Å². The molecule has 148 valence electrons. The Kier molecular flexibility index (Phi) is 5.13. The molecule has 1 atom stereocenters. The lowest BCUT2D eigenvalue weighted by atomic mass is 9.84. The molecule has 1 N–H and O–H groups in total. The van der Waals surface area contributed by atoms with E-state index in [1.807, 2.05) is 12.1 Å². The molecule has 1 amide bonds. The van der Waals surface area contributed by atoms with Crippen molar-refractivity contribution < 1.29 is 14.3 Å². The number of amides is 1. The summed E-state index contributed by atoms with van der Waals surface area (Å²) in [5.41, 5.74) is 4.23. The molecule has 1 unspecified atom stereocenters. The highest BCUT2D eigenvalue weighted by molar-refractivity contribution is 5.96. The van der Waals surface area contributed by atoms with Gasteiger partial charge in [0, 0.05) is 56.0 Å². The van der Waals surface area contributed by atoms with Gasteiger partial charge in [-0.2, -0.15) is 0 Å². The van der Waals surface area contributed by atoms with Crippen LogP contribution < -0.4 is 19.7 Å². The summed E-state index contributed by atoms with van der Waals surface area (Å²) in [4.78, 5) is 17.1. The smallest absolute Gasteiger partial charge is 0.225 e. The first-order chi connectivity index (χ1) is 13.6. The molecule has 4 rings (SSSR count). The molecule has 2 heterocycles. The summed E-state index contributed by atoms with van der Waals surface area (Å²) < 4.78 is 10.9. The number of ether oxygens (including phenoxy) is 2. The normalized spacial score (nSPS) is 19.8. The summed E-state index contributed by atoms with van der Waals surface area (Å²) in [5, 5.41) is 2.97. The van der Waals surface area contributed by atoms with Gasteiger partial charge in [-0.1, -0.05) is 12.1 Å². The number of hydrogen-bond acceptors (Lipinski definition) is 5. The van der Waals surface area contributed by atoms with Crippen molar-refractivity contribution in [3.05, 3.63) is 47.5 Å². The number of nitrogens with one attached hydrogen (secondary N) is 1. The van der Waals surface area contributed by atoms with Gasteiger partial charge in [0.05, 0.1) is 14.2 Å². The van der Waals surface area contributed by atoms with Crippen molar-refractivity contribution in [1.82, 2.24) is 4.90 Å². The number of carbonyl (C=O) groups excluding carboxylic acids is 1. The zero-order valence-electron chi connectivity index (χ0n) is 16.7. The van der Waals surface area contributed by atoms with E-state index in [0.717, 1.165) is 43.0 Å². The van der Waals surface area contributed by atoms with E-state index in [0.29, 0.717) is 17.9 Å². The number of carbonyl (C=O) groups is 1. The predicted octanol–water partition coefficient (Wildman–Crippen LogP) is 2.93. The second-order valence-corrected chi connectivity index (χ2v) is 7.48. The van der Waals surface area contributed by atoms with Gasteiger partial charge in [-0.25, -0.2) is 0 Å². The summed E-state index contributed by atoms with van der Waals surface area (Å²) >= 11 is 0. The van der Waals surface area contributed by atoms with Gasteiger partial charge in [0.15, 0.2) is 11.5 Å². The molecule has 0 radical (unpaired) electrons. The third kappa shape index (κ3) is 3.52. The Labute approximate surface area is 166 Å². The first-order valence-electron chi connectivity index (χ1n) is 9.68. The minimum absolute atomic E-state index is 0.00472. The zero-order valence-corrected chi connectivity index (χ0v) is 16.7. The molecule has 28 heavy (non-hydrogen) atoms. The molecule has 0 spiro atoms. The van der Waals surface area contributed by atoms with Gasteiger partial charge >= 0.3 is 0 Å². The number of piperazine rings is 1. The summed E-state index contributed by atoms with van der Waals surface area (Å²) in [5.74, 6) is 1.32. The van der Waals surface area contributed by atoms with Gasteiger partial charge in [-0.3, -0.25) is 4.79 Å². The molecule has 2 aliphatic heterocycles. The quantitative estimate of drug-likeness (QED) is 0.883. The Bertz CT molecular complexity index is 858. The van der Waals surface area contributed by atoms with Crippen molar-refractivity contribution in [3.8, 4) is 11.5 Å². The van der Waals surface area contributed by atoms with Crippen LogP contribution in [0.4, 0.5) is 11.4 Å². The van der Waals surface area contributed by atoms with Crippen molar-refractivity contribution in [1.29, 1.82) is 0 Å². The molecular weight excluding hydrogens is 354 g/mol. The van der Waals surface area contributed by atoms with Crippen molar-refractivity contribution >= 4 is 17.3 Å². The van der Waals surface area contributed by atoms with E-state index < -0.39 is 0 Å². The Morgan fingerprint density at radius 3 is 2.25 bits per heavy atom. The number of benzene rings is 2. The number of anilines is 2. The van der Waals surface area contributed by atoms with E-state index in [2.05, 4.69) is 46.4 Å². The maximum Gasteiger partial charge on any atom is 0.225 e. The zero-order chi connectivity index (χ0) is 19.7. The fourth-order valence-corrected chi connectivity index (χ4v) is 4.07. The lowest BCUT2D eigenvalue weighted by Gasteiger charge is -2.34. The monoisotopic (exact) mass is 381 g/mol. The fraction of sp³-hybridized carbons (Fsp3) is 0.409. The highest BCUT2D eigenvalue weighted by Crippen LogP contribution is 2.43. The SMILES string of the molecule is COc1cc2c(cc1OC)C(c1ccc(N3CCN(C)CC3)cc1)CC(=O)N2. The second-order valence-electron chi connectivity index (χ2n) is 7.48. The number of likely N-dealkylation sites (N-methyl/N-ethyl adjacent to an activating group) is 1. The van der Waals surface area contributed by atoms with Crippen LogP contribution in [0.5, 0.6) is 11.5 Å². The minimum Gasteiger partial charge on any atom is -0.493 e. The fourth-order valence-electron chi connectivity index (χ4n) is 4.07. The van der Waals surface area contributed by atoms with E-state index in [1.54, 1.807) is 14.2 Å². The average molecular weight is 381 g/mol. The second kappa shape index (κ2) is 7.72. The van der Waals surface area contributed by atoms with Gasteiger partial charge < -0.3 is 24.6 Å². The topological polar surface area (TPSA) is 54.0 Å². The lowest BCUT2D eigenvalue weighted by molar-refractivity contribution is -0.116. The van der Waals surface area contributed by atoms with E-state index in [4.69, 9.17) is 9.47 Å². The van der Waals surface area contributed by atoms with Crippen LogP contribution in [0, 0.1) is 0 Å². The van der Waals surface area contributed by atoms with Crippen molar-refractivity contribution in [2.24, 2.45) is 0 Å². The highest BCUT2D eigenvalue weighted by atomic mass is 16.5. The summed E-state index contributed by atoms with van der Waals surface area (Å²) in [7, 11) is 5.39. The van der Waals surface area contributed by atoms with Gasteiger partial charge in [0.25, 0.3) is 0 Å². The van der Waals surface area contributed by atoms with E-state index in [-0.39, 0.29) is 11.8 Å². The van der Waals surface area contributed by atoms with Crippen LogP contribution in [0.3, 0.4) is 0 Å². The Balaban J connectivity index is 1.63. The number of nitrogens with zero attached hydrogens (tertiary/aromatic N) is 2. The number of methoxy groups -OCH3 is 2. The standard InChI is InChI=1S/C22H27N3O3/c1-24-8-10-25(11-9-24)16-6-4-15(5-7-16)17-13-22(26)23-19-14-21(28-3)20(27-2)12-18(17)19/h4-7,12,14,17H,8-11,13H2,1-3H3,(H,23,26). The Hall–Kier alpha value is -2.73. The predicted molar refractivity (Wildman–Crippen MR) is 111 cm³/mol. The van der Waals surface area contributed by atoms with Crippen molar-refractivity contribution in [2.45, 2.75) is 12.3 Å². The van der Waals surface area contributed by atoms with Crippen LogP contribution in [0.2, 0.25) is 0 Å².